The van der Waals surface area contributed by atoms with Crippen LogP contribution in [0.15, 0.2) is 23.1 Å². The Hall–Kier alpha value is -1.27. The largest absolute Gasteiger partial charge is 0.397 e. The van der Waals surface area contributed by atoms with Gasteiger partial charge in [-0.05, 0) is 37.0 Å². The molecule has 0 bridgehead atoms. The van der Waals surface area contributed by atoms with Crippen LogP contribution < -0.4 is 16.2 Å². The molecule has 1 fully saturated rings. The van der Waals surface area contributed by atoms with Crippen molar-refractivity contribution in [1.29, 1.82) is 0 Å². The number of hydrogen-bond donors (Lipinski definition) is 3. The van der Waals surface area contributed by atoms with E-state index in [1.54, 1.807) is 6.07 Å². The molecule has 0 radical (unpaired) electrons. The molecule has 1 aliphatic carbocycles. The normalized spacial score (nSPS) is 23.5. The molecular weight excluding hydrogens is 274 g/mol. The summed E-state index contributed by atoms with van der Waals surface area (Å²) < 4.78 is 22.8. The van der Waals surface area contributed by atoms with Gasteiger partial charge in [0, 0.05) is 6.04 Å². The lowest BCUT2D eigenvalue weighted by atomic mass is 9.83. The summed E-state index contributed by atoms with van der Waals surface area (Å²) in [5, 5.41) is 8.58. The quantitative estimate of drug-likeness (QED) is 0.743. The van der Waals surface area contributed by atoms with E-state index in [4.69, 9.17) is 10.9 Å². The molecule has 0 heterocycles. The first-order chi connectivity index (χ1) is 9.41. The second-order valence-electron chi connectivity index (χ2n) is 5.50. The zero-order valence-corrected chi connectivity index (χ0v) is 12.6. The molecule has 2 rings (SSSR count). The number of nitrogens with two attached hydrogens (primary N) is 2. The van der Waals surface area contributed by atoms with Crippen LogP contribution in [-0.4, -0.2) is 14.5 Å². The summed E-state index contributed by atoms with van der Waals surface area (Å²) in [6.45, 7) is 2.19. The van der Waals surface area contributed by atoms with E-state index in [2.05, 4.69) is 12.2 Å². The minimum atomic E-state index is -3.70. The highest BCUT2D eigenvalue weighted by atomic mass is 32.2. The fourth-order valence-electron chi connectivity index (χ4n) is 2.92. The Labute approximate surface area is 120 Å². The van der Waals surface area contributed by atoms with E-state index in [1.807, 2.05) is 0 Å². The number of benzene rings is 1. The minimum absolute atomic E-state index is 0.0954. The highest BCUT2D eigenvalue weighted by Gasteiger charge is 2.24. The second-order valence-corrected chi connectivity index (χ2v) is 7.06. The fraction of sp³-hybridized carbons (Fsp3) is 0.571. The van der Waals surface area contributed by atoms with Gasteiger partial charge >= 0.3 is 0 Å². The Balaban J connectivity index is 2.24. The van der Waals surface area contributed by atoms with Crippen molar-refractivity contribution in [2.24, 2.45) is 11.1 Å². The third-order valence-electron chi connectivity index (χ3n) is 4.13. The number of rotatable bonds is 4. The van der Waals surface area contributed by atoms with Crippen molar-refractivity contribution in [3.8, 4) is 0 Å². The summed E-state index contributed by atoms with van der Waals surface area (Å²) in [7, 11) is -3.70. The van der Waals surface area contributed by atoms with Gasteiger partial charge in [0.25, 0.3) is 0 Å². The third-order valence-corrected chi connectivity index (χ3v) is 5.04. The molecule has 1 aromatic rings. The fourth-order valence-corrected chi connectivity index (χ4v) is 3.46. The first kappa shape index (κ1) is 15.1. The van der Waals surface area contributed by atoms with Crippen LogP contribution in [0.1, 0.15) is 39.0 Å². The van der Waals surface area contributed by atoms with E-state index in [-0.39, 0.29) is 4.90 Å². The molecule has 20 heavy (non-hydrogen) atoms. The molecule has 0 aliphatic heterocycles. The number of primary sulfonamides is 1. The van der Waals surface area contributed by atoms with Crippen LogP contribution in [-0.2, 0) is 10.0 Å². The van der Waals surface area contributed by atoms with Gasteiger partial charge in [-0.2, -0.15) is 0 Å². The summed E-state index contributed by atoms with van der Waals surface area (Å²) in [6, 6.07) is 4.91. The summed E-state index contributed by atoms with van der Waals surface area (Å²) in [5.41, 5.74) is 7.16. The van der Waals surface area contributed by atoms with Gasteiger partial charge in [-0.3, -0.25) is 0 Å². The van der Waals surface area contributed by atoms with E-state index in [1.165, 1.54) is 31.4 Å². The van der Waals surface area contributed by atoms with Gasteiger partial charge in [-0.15, -0.1) is 0 Å². The molecule has 1 saturated carbocycles. The minimum Gasteiger partial charge on any atom is -0.397 e. The summed E-state index contributed by atoms with van der Waals surface area (Å²) >= 11 is 0. The average Bonchev–Trinajstić information content (AvgIpc) is 2.40. The van der Waals surface area contributed by atoms with E-state index in [0.717, 1.165) is 12.8 Å². The Morgan fingerprint density at radius 2 is 2.00 bits per heavy atom. The lowest BCUT2D eigenvalue weighted by Gasteiger charge is -2.32. The molecule has 0 aromatic heterocycles. The smallest absolute Gasteiger partial charge is 0.238 e. The molecule has 5 N–H and O–H groups in total. The second kappa shape index (κ2) is 6.01. The molecule has 2 unspecified atom stereocenters. The van der Waals surface area contributed by atoms with Gasteiger partial charge in [0.05, 0.1) is 16.3 Å². The molecule has 1 aliphatic rings. The van der Waals surface area contributed by atoms with Gasteiger partial charge in [-0.1, -0.05) is 26.2 Å². The van der Waals surface area contributed by atoms with Gasteiger partial charge < -0.3 is 11.1 Å². The standard InChI is InChI=1S/C14H23N3O2S/c1-2-10-5-3-4-6-13(10)17-14-9-11(20(16,18)19)7-8-12(14)15/h7-10,13,17H,2-6,15H2,1H3,(H2,16,18,19). The Kier molecular flexibility index (Phi) is 4.55. The molecule has 112 valence electrons. The molecule has 1 aromatic carbocycles. The predicted octanol–water partition coefficient (Wildman–Crippen LogP) is 2.30. The van der Waals surface area contributed by atoms with Crippen LogP contribution in [0, 0.1) is 5.92 Å². The molecule has 0 spiro atoms. The monoisotopic (exact) mass is 297 g/mol. The average molecular weight is 297 g/mol. The molecule has 0 saturated heterocycles. The molecular formula is C14H23N3O2S. The number of anilines is 2. The van der Waals surface area contributed by atoms with Crippen molar-refractivity contribution in [3.05, 3.63) is 18.2 Å². The third kappa shape index (κ3) is 3.43. The zero-order valence-electron chi connectivity index (χ0n) is 11.8. The summed E-state index contributed by atoms with van der Waals surface area (Å²) in [5.74, 6) is 0.612. The lowest BCUT2D eigenvalue weighted by Crippen LogP contribution is -2.32. The maximum Gasteiger partial charge on any atom is 0.238 e. The highest BCUT2D eigenvalue weighted by molar-refractivity contribution is 7.89. The summed E-state index contributed by atoms with van der Waals surface area (Å²) in [4.78, 5) is 0.0954. The van der Waals surface area contributed by atoms with Crippen molar-refractivity contribution in [2.75, 3.05) is 11.1 Å². The Bertz CT molecular complexity index is 572. The topological polar surface area (TPSA) is 98.2 Å². The van der Waals surface area contributed by atoms with Crippen LogP contribution in [0.4, 0.5) is 11.4 Å². The van der Waals surface area contributed by atoms with Crippen molar-refractivity contribution in [3.63, 3.8) is 0 Å². The van der Waals surface area contributed by atoms with Crippen LogP contribution >= 0.6 is 0 Å². The Morgan fingerprint density at radius 3 is 2.65 bits per heavy atom. The maximum absolute atomic E-state index is 11.4. The van der Waals surface area contributed by atoms with Crippen LogP contribution in [0.5, 0.6) is 0 Å². The van der Waals surface area contributed by atoms with Crippen molar-refractivity contribution >= 4 is 21.4 Å². The van der Waals surface area contributed by atoms with Crippen molar-refractivity contribution < 1.29 is 8.42 Å². The van der Waals surface area contributed by atoms with Gasteiger partial charge in [0.15, 0.2) is 0 Å². The molecule has 6 heteroatoms. The first-order valence-corrected chi connectivity index (χ1v) is 8.65. The first-order valence-electron chi connectivity index (χ1n) is 7.10. The highest BCUT2D eigenvalue weighted by Crippen LogP contribution is 2.31. The van der Waals surface area contributed by atoms with Gasteiger partial charge in [0.1, 0.15) is 0 Å². The molecule has 5 nitrogen and oxygen atoms in total. The van der Waals surface area contributed by atoms with E-state index < -0.39 is 10.0 Å². The lowest BCUT2D eigenvalue weighted by molar-refractivity contribution is 0.317. The van der Waals surface area contributed by atoms with Crippen LogP contribution in [0.25, 0.3) is 0 Å². The van der Waals surface area contributed by atoms with Gasteiger partial charge in [0.2, 0.25) is 10.0 Å². The SMILES string of the molecule is CCC1CCCCC1Nc1cc(S(N)(=O)=O)ccc1N. The van der Waals surface area contributed by atoms with E-state index in [9.17, 15) is 8.42 Å². The van der Waals surface area contributed by atoms with E-state index in [0.29, 0.717) is 23.3 Å². The number of hydrogen-bond acceptors (Lipinski definition) is 4. The number of nitrogen functional groups attached to an aromatic ring is 1. The van der Waals surface area contributed by atoms with E-state index >= 15 is 0 Å². The molecule has 0 amide bonds. The molecule has 2 atom stereocenters. The maximum atomic E-state index is 11.4. The predicted molar refractivity (Wildman–Crippen MR) is 81.9 cm³/mol. The van der Waals surface area contributed by atoms with Crippen molar-refractivity contribution in [2.45, 2.75) is 50.0 Å². The van der Waals surface area contributed by atoms with Crippen molar-refractivity contribution in [1.82, 2.24) is 0 Å². The number of sulfonamides is 1. The zero-order chi connectivity index (χ0) is 14.8. The van der Waals surface area contributed by atoms with Crippen LogP contribution in [0.2, 0.25) is 0 Å². The van der Waals surface area contributed by atoms with Gasteiger partial charge in [-0.25, -0.2) is 13.6 Å². The summed E-state index contributed by atoms with van der Waals surface area (Å²) in [6.07, 6.45) is 5.89. The van der Waals surface area contributed by atoms with Crippen LogP contribution in [0.3, 0.4) is 0 Å². The Morgan fingerprint density at radius 1 is 1.30 bits per heavy atom. The number of nitrogens with one attached hydrogen (secondary N) is 1.